The van der Waals surface area contributed by atoms with E-state index in [9.17, 15) is 9.18 Å². The molecule has 1 aliphatic heterocycles. The van der Waals surface area contributed by atoms with Crippen molar-refractivity contribution >= 4 is 5.91 Å². The Kier molecular flexibility index (Phi) is 5.42. The van der Waals surface area contributed by atoms with E-state index in [-0.39, 0.29) is 17.6 Å². The molecule has 1 N–H and O–H groups in total. The Morgan fingerprint density at radius 2 is 2.24 bits per heavy atom. The molecule has 8 heteroatoms. The summed E-state index contributed by atoms with van der Waals surface area (Å²) in [4.78, 5) is 19.1. The van der Waals surface area contributed by atoms with Crippen molar-refractivity contribution in [2.24, 2.45) is 0 Å². The monoisotopic (exact) mass is 397 g/mol. The molecule has 4 rings (SSSR count). The van der Waals surface area contributed by atoms with E-state index in [2.05, 4.69) is 20.3 Å². The number of rotatable bonds is 5. The number of nitrogens with one attached hydrogen (secondary N) is 1. The summed E-state index contributed by atoms with van der Waals surface area (Å²) in [6.45, 7) is 5.23. The number of nitrogens with zero attached hydrogens (tertiary/aromatic N) is 4. The van der Waals surface area contributed by atoms with Crippen molar-refractivity contribution in [3.63, 3.8) is 0 Å². The molecule has 0 saturated carbocycles. The second-order valence-electron chi connectivity index (χ2n) is 7.56. The summed E-state index contributed by atoms with van der Waals surface area (Å²) in [5.41, 5.74) is 3.66. The van der Waals surface area contributed by atoms with Gasteiger partial charge >= 0.3 is 0 Å². The summed E-state index contributed by atoms with van der Waals surface area (Å²) in [7, 11) is 0. The van der Waals surface area contributed by atoms with Crippen LogP contribution in [0.2, 0.25) is 0 Å². The minimum atomic E-state index is -0.341. The van der Waals surface area contributed by atoms with Gasteiger partial charge in [0, 0.05) is 30.8 Å². The Hall–Kier alpha value is -3.03. The van der Waals surface area contributed by atoms with Gasteiger partial charge in [-0.15, -0.1) is 0 Å². The Bertz CT molecular complexity index is 993. The third-order valence-electron chi connectivity index (χ3n) is 5.52. The highest BCUT2D eigenvalue weighted by atomic mass is 19.1. The molecule has 1 atom stereocenters. The van der Waals surface area contributed by atoms with Gasteiger partial charge in [-0.2, -0.15) is 10.1 Å². The summed E-state index contributed by atoms with van der Waals surface area (Å²) in [6.07, 6.45) is 2.90. The molecule has 3 aromatic rings. The number of H-pyrrole nitrogens is 1. The molecule has 1 fully saturated rings. The lowest BCUT2D eigenvalue weighted by Gasteiger charge is -2.31. The fourth-order valence-electron chi connectivity index (χ4n) is 3.88. The molecular formula is C21H24FN5O2. The standard InChI is InChI=1S/C21H24FN5O2/c1-13-18(14(2)25-24-13)8-9-19(28)27-10-4-6-16(12-27)21-23-20(26-29-21)15-5-3-7-17(22)11-15/h3,5,7,11,16H,4,6,8-10,12H2,1-2H3,(H,24,25)/t16-/m0/s1. The molecule has 0 bridgehead atoms. The summed E-state index contributed by atoms with van der Waals surface area (Å²) < 4.78 is 18.9. The number of benzene rings is 1. The molecule has 1 amide bonds. The van der Waals surface area contributed by atoms with Gasteiger partial charge in [-0.3, -0.25) is 9.89 Å². The predicted molar refractivity (Wildman–Crippen MR) is 105 cm³/mol. The van der Waals surface area contributed by atoms with E-state index < -0.39 is 0 Å². The van der Waals surface area contributed by atoms with Crippen LogP contribution in [0.4, 0.5) is 4.39 Å². The van der Waals surface area contributed by atoms with E-state index in [1.807, 2.05) is 18.7 Å². The van der Waals surface area contributed by atoms with Crippen molar-refractivity contribution in [1.29, 1.82) is 0 Å². The van der Waals surface area contributed by atoms with E-state index >= 15 is 0 Å². The van der Waals surface area contributed by atoms with Gasteiger partial charge in [0.15, 0.2) is 0 Å². The zero-order chi connectivity index (χ0) is 20.4. The van der Waals surface area contributed by atoms with Crippen LogP contribution in [0.15, 0.2) is 28.8 Å². The van der Waals surface area contributed by atoms with Crippen molar-refractivity contribution < 1.29 is 13.7 Å². The molecule has 1 aromatic carbocycles. The number of halogens is 1. The smallest absolute Gasteiger partial charge is 0.231 e. The first-order chi connectivity index (χ1) is 14.0. The molecule has 0 radical (unpaired) electrons. The van der Waals surface area contributed by atoms with Gasteiger partial charge < -0.3 is 9.42 Å². The van der Waals surface area contributed by atoms with E-state index in [1.54, 1.807) is 12.1 Å². The number of carbonyl (C=O) groups excluding carboxylic acids is 1. The average Bonchev–Trinajstić information content (AvgIpc) is 3.34. The van der Waals surface area contributed by atoms with Crippen LogP contribution in [-0.2, 0) is 11.2 Å². The second kappa shape index (κ2) is 8.14. The highest BCUT2D eigenvalue weighted by molar-refractivity contribution is 5.76. The molecule has 0 aliphatic carbocycles. The maximum atomic E-state index is 13.4. The van der Waals surface area contributed by atoms with Crippen LogP contribution in [0.25, 0.3) is 11.4 Å². The minimum Gasteiger partial charge on any atom is -0.342 e. The summed E-state index contributed by atoms with van der Waals surface area (Å²) in [6, 6.07) is 6.12. The largest absolute Gasteiger partial charge is 0.342 e. The first kappa shape index (κ1) is 19.3. The topological polar surface area (TPSA) is 87.9 Å². The van der Waals surface area contributed by atoms with Crippen LogP contribution in [0.5, 0.6) is 0 Å². The first-order valence-corrected chi connectivity index (χ1v) is 9.89. The van der Waals surface area contributed by atoms with Gasteiger partial charge in [0.25, 0.3) is 0 Å². The number of aromatic nitrogens is 4. The van der Waals surface area contributed by atoms with Crippen LogP contribution in [0.3, 0.4) is 0 Å². The minimum absolute atomic E-state index is 0.0000864. The number of amides is 1. The van der Waals surface area contributed by atoms with Gasteiger partial charge in [0.05, 0.1) is 11.6 Å². The number of aryl methyl sites for hydroxylation is 2. The van der Waals surface area contributed by atoms with E-state index in [1.165, 1.54) is 12.1 Å². The maximum Gasteiger partial charge on any atom is 0.231 e. The lowest BCUT2D eigenvalue weighted by atomic mass is 9.97. The fourth-order valence-corrected chi connectivity index (χ4v) is 3.88. The number of piperidine rings is 1. The molecule has 1 aliphatic rings. The van der Waals surface area contributed by atoms with Crippen LogP contribution in [0, 0.1) is 19.7 Å². The number of likely N-dealkylation sites (tertiary alicyclic amines) is 1. The van der Waals surface area contributed by atoms with Gasteiger partial charge in [0.1, 0.15) is 5.82 Å². The molecule has 29 heavy (non-hydrogen) atoms. The highest BCUT2D eigenvalue weighted by Gasteiger charge is 2.28. The Morgan fingerprint density at radius 1 is 1.38 bits per heavy atom. The highest BCUT2D eigenvalue weighted by Crippen LogP contribution is 2.28. The summed E-state index contributed by atoms with van der Waals surface area (Å²) >= 11 is 0. The van der Waals surface area contributed by atoms with Crippen LogP contribution in [0.1, 0.15) is 48.0 Å². The first-order valence-electron chi connectivity index (χ1n) is 9.89. The number of carbonyl (C=O) groups is 1. The lowest BCUT2D eigenvalue weighted by molar-refractivity contribution is -0.132. The van der Waals surface area contributed by atoms with Gasteiger partial charge in [-0.05, 0) is 50.8 Å². The number of aromatic amines is 1. The van der Waals surface area contributed by atoms with Crippen LogP contribution < -0.4 is 0 Å². The molecule has 2 aromatic heterocycles. The van der Waals surface area contributed by atoms with Crippen molar-refractivity contribution in [1.82, 2.24) is 25.2 Å². The molecule has 3 heterocycles. The molecule has 0 unspecified atom stereocenters. The van der Waals surface area contributed by atoms with Gasteiger partial charge in [-0.1, -0.05) is 17.3 Å². The number of hydrogen-bond donors (Lipinski definition) is 1. The molecule has 1 saturated heterocycles. The Balaban J connectivity index is 1.40. The van der Waals surface area contributed by atoms with E-state index in [0.29, 0.717) is 36.7 Å². The van der Waals surface area contributed by atoms with Crippen molar-refractivity contribution in [2.45, 2.75) is 45.4 Å². The predicted octanol–water partition coefficient (Wildman–Crippen LogP) is 3.55. The van der Waals surface area contributed by atoms with Crippen molar-refractivity contribution in [3.8, 4) is 11.4 Å². The molecule has 0 spiro atoms. The van der Waals surface area contributed by atoms with Gasteiger partial charge in [0.2, 0.25) is 17.6 Å². The summed E-state index contributed by atoms with van der Waals surface area (Å²) in [5, 5.41) is 11.1. The van der Waals surface area contributed by atoms with Gasteiger partial charge in [-0.25, -0.2) is 4.39 Å². The summed E-state index contributed by atoms with van der Waals surface area (Å²) in [5.74, 6) is 0.656. The lowest BCUT2D eigenvalue weighted by Crippen LogP contribution is -2.39. The van der Waals surface area contributed by atoms with Crippen molar-refractivity contribution in [3.05, 3.63) is 52.9 Å². The third kappa shape index (κ3) is 4.21. The maximum absolute atomic E-state index is 13.4. The molecule has 7 nitrogen and oxygen atoms in total. The normalized spacial score (nSPS) is 16.9. The Morgan fingerprint density at radius 3 is 3.00 bits per heavy atom. The fraction of sp³-hybridized carbons (Fsp3) is 0.429. The van der Waals surface area contributed by atoms with E-state index in [4.69, 9.17) is 4.52 Å². The quantitative estimate of drug-likeness (QED) is 0.711. The average molecular weight is 397 g/mol. The van der Waals surface area contributed by atoms with Crippen molar-refractivity contribution in [2.75, 3.05) is 13.1 Å². The second-order valence-corrected chi connectivity index (χ2v) is 7.56. The van der Waals surface area contributed by atoms with Crippen LogP contribution >= 0.6 is 0 Å². The molecule has 152 valence electrons. The van der Waals surface area contributed by atoms with Crippen LogP contribution in [-0.4, -0.2) is 44.2 Å². The van der Waals surface area contributed by atoms with E-state index in [0.717, 1.165) is 36.3 Å². The SMILES string of the molecule is Cc1n[nH]c(C)c1CCC(=O)N1CCC[C@H](c2nc(-c3cccc(F)c3)no2)C1. The third-order valence-corrected chi connectivity index (χ3v) is 5.52. The number of hydrogen-bond acceptors (Lipinski definition) is 5. The zero-order valence-electron chi connectivity index (χ0n) is 16.6. The molecular weight excluding hydrogens is 373 g/mol. The zero-order valence-corrected chi connectivity index (χ0v) is 16.6. The Labute approximate surface area is 168 Å².